The highest BCUT2D eigenvalue weighted by atomic mass is 31.0. The Hall–Kier alpha value is -4.19. The molecule has 0 spiro atoms. The van der Waals surface area contributed by atoms with Gasteiger partial charge >= 0.3 is 23.9 Å². The van der Waals surface area contributed by atoms with Crippen molar-refractivity contribution in [3.8, 4) is 0 Å². The molecule has 0 aliphatic rings. The van der Waals surface area contributed by atoms with Crippen molar-refractivity contribution in [1.29, 1.82) is 0 Å². The van der Waals surface area contributed by atoms with Gasteiger partial charge in [0.1, 0.15) is 12.2 Å². The second-order valence-electron chi connectivity index (χ2n) is 14.4. The van der Waals surface area contributed by atoms with Gasteiger partial charge in [-0.2, -0.15) is 0 Å². The molecule has 2 rings (SSSR count). The van der Waals surface area contributed by atoms with Crippen molar-refractivity contribution in [3.05, 3.63) is 108 Å². The second-order valence-corrected chi connectivity index (χ2v) is 14.4. The molecule has 0 amide bonds. The summed E-state index contributed by atoms with van der Waals surface area (Å²) in [6, 6.07) is 19.5. The zero-order valence-corrected chi connectivity index (χ0v) is 35.4. The van der Waals surface area contributed by atoms with Crippen LogP contribution in [0.5, 0.6) is 0 Å². The number of aliphatic carboxylic acids is 2. The minimum absolute atomic E-state index is 0. The van der Waals surface area contributed by atoms with E-state index in [1.807, 2.05) is 81.4 Å². The average molecular weight is 856 g/mol. The fourth-order valence-corrected chi connectivity index (χ4v) is 5.44. The van der Waals surface area contributed by atoms with E-state index < -0.39 is 40.3 Å². The highest BCUT2D eigenvalue weighted by Gasteiger charge is 2.48. The molecule has 4 atom stereocenters. The van der Waals surface area contributed by atoms with Gasteiger partial charge in [0, 0.05) is 24.0 Å². The average Bonchev–Trinajstić information content (AvgIpc) is 3.13. The zero-order chi connectivity index (χ0) is 42.3. The molecule has 0 saturated carbocycles. The summed E-state index contributed by atoms with van der Waals surface area (Å²) in [6.07, 6.45) is 1.19. The Morgan fingerprint density at radius 3 is 1.34 bits per heavy atom. The van der Waals surface area contributed by atoms with Gasteiger partial charge in [-0.15, -0.1) is 0 Å². The van der Waals surface area contributed by atoms with Crippen LogP contribution in [-0.4, -0.2) is 71.0 Å². The maximum Gasteiger partial charge on any atom is 0.332 e. The van der Waals surface area contributed by atoms with Crippen LogP contribution in [0.1, 0.15) is 115 Å². The Bertz CT molecular complexity index is 1480. The van der Waals surface area contributed by atoms with Crippen LogP contribution in [0.2, 0.25) is 0 Å². The molecule has 2 aromatic carbocycles. The molecule has 0 aliphatic heterocycles. The maximum atomic E-state index is 12.2. The summed E-state index contributed by atoms with van der Waals surface area (Å²) < 4.78 is 9.12. The van der Waals surface area contributed by atoms with Crippen LogP contribution in [0.3, 0.4) is 0 Å². The molecule has 0 bridgehead atoms. The van der Waals surface area contributed by atoms with Crippen LogP contribution in [0.15, 0.2) is 97.1 Å². The summed E-state index contributed by atoms with van der Waals surface area (Å²) in [5, 5.41) is 36.1. The molecule has 59 heavy (non-hydrogen) atoms. The van der Waals surface area contributed by atoms with Crippen molar-refractivity contribution in [2.24, 2.45) is 16.2 Å². The third-order valence-corrected chi connectivity index (χ3v) is 8.70. The predicted molar refractivity (Wildman–Crippen MR) is 245 cm³/mol. The van der Waals surface area contributed by atoms with Crippen LogP contribution in [-0.2, 0) is 51.3 Å². The Morgan fingerprint density at radius 1 is 0.678 bits per heavy atom. The quantitative estimate of drug-likeness (QED) is 0.0295. The summed E-state index contributed by atoms with van der Waals surface area (Å²) in [7, 11) is 2.63. The predicted octanol–water partition coefficient (Wildman–Crippen LogP) is 11.5. The molecule has 2 aromatic rings. The van der Waals surface area contributed by atoms with E-state index >= 15 is 0 Å². The van der Waals surface area contributed by atoms with Gasteiger partial charge in [0.15, 0.2) is 0 Å². The van der Waals surface area contributed by atoms with Crippen LogP contribution in [0.4, 0.5) is 0 Å². The number of carbonyl (C=O) groups excluding carboxylic acids is 2. The van der Waals surface area contributed by atoms with Crippen LogP contribution < -0.4 is 0 Å². The summed E-state index contributed by atoms with van der Waals surface area (Å²) in [4.78, 5) is 53.3. The lowest BCUT2D eigenvalue weighted by molar-refractivity contribution is -0.305. The number of esters is 2. The summed E-state index contributed by atoms with van der Waals surface area (Å²) in [5.41, 5.74) is 0.785. The number of carboxylic acids is 2. The SMILES string of the molecule is C.C.C.C.C=C(C)C(=O)O.C=C(C)C(=O)OC.C=C(C)C(Cc1ccccc1)OO.CCC(C)(CC(C)(CC(C)(C)C(=O)OC)C(=O)O)C(Cc1ccccc1)OO.[PH2-]. The van der Waals surface area contributed by atoms with Crippen LogP contribution in [0, 0.1) is 16.2 Å². The van der Waals surface area contributed by atoms with Crippen molar-refractivity contribution >= 4 is 33.8 Å². The highest BCUT2D eigenvalue weighted by molar-refractivity contribution is 6.92. The molecule has 342 valence electrons. The number of rotatable bonds is 17. The van der Waals surface area contributed by atoms with E-state index in [0.29, 0.717) is 24.8 Å². The second kappa shape index (κ2) is 34.7. The van der Waals surface area contributed by atoms with Gasteiger partial charge in [0.05, 0.1) is 25.0 Å². The van der Waals surface area contributed by atoms with Gasteiger partial charge in [-0.1, -0.05) is 124 Å². The van der Waals surface area contributed by atoms with Gasteiger partial charge in [-0.05, 0) is 82.9 Å². The van der Waals surface area contributed by atoms with E-state index in [9.17, 15) is 29.5 Å². The van der Waals surface area contributed by atoms with Gasteiger partial charge in [-0.25, -0.2) is 19.4 Å². The first-order chi connectivity index (χ1) is 25.0. The highest BCUT2D eigenvalue weighted by Crippen LogP contribution is 2.47. The molecule has 13 heteroatoms. The Labute approximate surface area is 360 Å². The topological polar surface area (TPSA) is 186 Å². The van der Waals surface area contributed by atoms with E-state index in [0.717, 1.165) is 16.7 Å². The van der Waals surface area contributed by atoms with E-state index in [-0.39, 0.29) is 70.1 Å². The van der Waals surface area contributed by atoms with Crippen molar-refractivity contribution < 1.29 is 59.2 Å². The number of carboxylic acid groups (broad SMARTS) is 2. The monoisotopic (exact) mass is 856 g/mol. The molecule has 12 nitrogen and oxygen atoms in total. The largest absolute Gasteiger partial charge is 0.577 e. The van der Waals surface area contributed by atoms with E-state index in [4.69, 9.17) is 20.0 Å². The van der Waals surface area contributed by atoms with Crippen LogP contribution >= 0.6 is 9.90 Å². The molecule has 0 radical (unpaired) electrons. The minimum Gasteiger partial charge on any atom is -0.577 e. The standard InChI is InChI=1S/C22H34O6.C11H14O2.C5H8O2.C4H6O2.4CH4.H2P/c1-7-21(4,17(28-26)13-16-11-9-8-10-12-16)15-22(5,18(23)24)14-20(2,3)19(25)27-6;1-9(2)11(13-12)8-10-6-4-3-5-7-10;1-4(2)5(6)7-3;1-3(2)4(5)6;;;;;/h8-12,17,26H,7,13-15H2,1-6H3,(H,23,24);3-7,11-12H,1,8H2,2H3;1H2,2-3H3;1H2,2H3,(H,5,6);4*1H4;1H2/q;;;;;;;;-1. The summed E-state index contributed by atoms with van der Waals surface area (Å²) in [5.74, 6) is -2.71. The first-order valence-corrected chi connectivity index (χ1v) is 17.3. The van der Waals surface area contributed by atoms with E-state index in [2.05, 4.69) is 29.4 Å². The van der Waals surface area contributed by atoms with Gasteiger partial charge in [0.25, 0.3) is 0 Å². The lowest BCUT2D eigenvalue weighted by Gasteiger charge is -2.42. The van der Waals surface area contributed by atoms with Crippen molar-refractivity contribution in [3.63, 3.8) is 0 Å². The Morgan fingerprint density at radius 2 is 1.08 bits per heavy atom. The number of hydrogen-bond donors (Lipinski definition) is 4. The smallest absolute Gasteiger partial charge is 0.332 e. The van der Waals surface area contributed by atoms with Crippen molar-refractivity contribution in [2.45, 2.75) is 129 Å². The first kappa shape index (κ1) is 69.4. The molecule has 4 N–H and O–H groups in total. The first-order valence-electron chi connectivity index (χ1n) is 17.3. The maximum absolute atomic E-state index is 12.2. The van der Waals surface area contributed by atoms with Crippen molar-refractivity contribution in [1.82, 2.24) is 0 Å². The molecule has 4 unspecified atom stereocenters. The molecular weight excluding hydrogens is 775 g/mol. The molecule has 0 fully saturated rings. The molecule has 0 aromatic heterocycles. The van der Waals surface area contributed by atoms with Gasteiger partial charge in [0.2, 0.25) is 0 Å². The van der Waals surface area contributed by atoms with Crippen molar-refractivity contribution in [2.75, 3.05) is 14.2 Å². The fourth-order valence-electron chi connectivity index (χ4n) is 5.44. The number of benzene rings is 2. The third kappa shape index (κ3) is 27.2. The van der Waals surface area contributed by atoms with E-state index in [1.54, 1.807) is 27.7 Å². The van der Waals surface area contributed by atoms with Crippen LogP contribution in [0.25, 0.3) is 0 Å². The molecule has 0 aliphatic carbocycles. The number of hydrogen-bond acceptors (Lipinski definition) is 10. The van der Waals surface area contributed by atoms with Gasteiger partial charge < -0.3 is 29.6 Å². The normalized spacial score (nSPS) is 12.6. The fraction of sp³-hybridized carbons (Fsp3) is 0.522. The number of carbonyl (C=O) groups is 4. The summed E-state index contributed by atoms with van der Waals surface area (Å²) in [6.45, 7) is 24.0. The zero-order valence-electron chi connectivity index (χ0n) is 34.2. The number of ether oxygens (including phenoxy) is 2. The molecule has 0 heterocycles. The lowest BCUT2D eigenvalue weighted by atomic mass is 9.63. The minimum atomic E-state index is -1.20. The lowest BCUT2D eigenvalue weighted by Crippen LogP contribution is -2.45. The third-order valence-electron chi connectivity index (χ3n) is 8.70. The summed E-state index contributed by atoms with van der Waals surface area (Å²) >= 11 is 0. The number of methoxy groups -OCH3 is 2. The van der Waals surface area contributed by atoms with Gasteiger partial charge in [-0.3, -0.25) is 20.1 Å². The molecule has 0 saturated heterocycles. The van der Waals surface area contributed by atoms with E-state index in [1.165, 1.54) is 21.1 Å². The Balaban J connectivity index is -0.000000145. The Kier molecular flexibility index (Phi) is 40.8. The molecular formula is C46H80O12P-.